The van der Waals surface area contributed by atoms with Crippen molar-refractivity contribution in [2.75, 3.05) is 25.0 Å². The molecule has 0 radical (unpaired) electrons. The maximum atomic E-state index is 3.58. The van der Waals surface area contributed by atoms with E-state index in [1.807, 2.05) is 0 Å². The van der Waals surface area contributed by atoms with Crippen LogP contribution in [0.15, 0.2) is 18.2 Å². The molecule has 0 saturated carbocycles. The van der Waals surface area contributed by atoms with E-state index >= 15 is 0 Å². The Morgan fingerprint density at radius 2 is 1.84 bits per heavy atom. The summed E-state index contributed by atoms with van der Waals surface area (Å²) < 4.78 is 0. The van der Waals surface area contributed by atoms with E-state index in [4.69, 9.17) is 0 Å². The second-order valence-electron chi connectivity index (χ2n) is 6.02. The van der Waals surface area contributed by atoms with Crippen molar-refractivity contribution in [2.24, 2.45) is 5.92 Å². The average Bonchev–Trinajstić information content (AvgIpc) is 2.33. The first-order valence-corrected chi connectivity index (χ1v) is 7.46. The zero-order valence-corrected chi connectivity index (χ0v) is 13.5. The molecule has 2 nitrogen and oxygen atoms in total. The van der Waals surface area contributed by atoms with E-state index in [1.54, 1.807) is 0 Å². The topological polar surface area (TPSA) is 15.3 Å². The molecule has 1 aromatic rings. The maximum absolute atomic E-state index is 3.58. The van der Waals surface area contributed by atoms with Crippen LogP contribution in [-0.2, 0) is 0 Å². The second kappa shape index (κ2) is 7.54. The van der Waals surface area contributed by atoms with Gasteiger partial charge in [-0.25, -0.2) is 0 Å². The van der Waals surface area contributed by atoms with Gasteiger partial charge in [0, 0.05) is 25.3 Å². The van der Waals surface area contributed by atoms with Gasteiger partial charge in [0.1, 0.15) is 0 Å². The highest BCUT2D eigenvalue weighted by Crippen LogP contribution is 2.22. The molecule has 0 saturated heterocycles. The number of nitrogens with zero attached hydrogens (tertiary/aromatic N) is 1. The van der Waals surface area contributed by atoms with Gasteiger partial charge in [0.15, 0.2) is 0 Å². The van der Waals surface area contributed by atoms with E-state index in [0.717, 1.165) is 19.5 Å². The quantitative estimate of drug-likeness (QED) is 0.805. The Morgan fingerprint density at radius 3 is 2.37 bits per heavy atom. The van der Waals surface area contributed by atoms with E-state index < -0.39 is 0 Å². The molecule has 1 rings (SSSR count). The van der Waals surface area contributed by atoms with Gasteiger partial charge in [-0.15, -0.1) is 0 Å². The van der Waals surface area contributed by atoms with Crippen molar-refractivity contribution in [3.63, 3.8) is 0 Å². The third-order valence-electron chi connectivity index (χ3n) is 3.68. The number of likely N-dealkylation sites (N-methyl/N-ethyl adjacent to an activating group) is 1. The molecule has 1 aromatic carbocycles. The average molecular weight is 262 g/mol. The summed E-state index contributed by atoms with van der Waals surface area (Å²) >= 11 is 0. The van der Waals surface area contributed by atoms with Gasteiger partial charge >= 0.3 is 0 Å². The molecule has 2 heteroatoms. The standard InChI is InChI=1S/C17H30N2/c1-7-16(12-18-11-13(2)3)19(6)17-9-8-14(4)10-15(17)5/h8-10,13,16,18H,7,11-12H2,1-6H3. The molecular formula is C17H30N2. The fraction of sp³-hybridized carbons (Fsp3) is 0.647. The Labute approximate surface area is 119 Å². The van der Waals surface area contributed by atoms with Crippen LogP contribution in [0, 0.1) is 19.8 Å². The molecule has 0 aliphatic carbocycles. The Hall–Kier alpha value is -1.02. The third-order valence-corrected chi connectivity index (χ3v) is 3.68. The first kappa shape index (κ1) is 16.0. The number of hydrogen-bond acceptors (Lipinski definition) is 2. The summed E-state index contributed by atoms with van der Waals surface area (Å²) in [7, 11) is 2.21. The molecule has 0 amide bonds. The van der Waals surface area contributed by atoms with E-state index in [1.165, 1.54) is 16.8 Å². The van der Waals surface area contributed by atoms with Crippen LogP contribution in [0.2, 0.25) is 0 Å². The lowest BCUT2D eigenvalue weighted by Crippen LogP contribution is -2.41. The second-order valence-corrected chi connectivity index (χ2v) is 6.02. The molecule has 19 heavy (non-hydrogen) atoms. The molecule has 0 spiro atoms. The van der Waals surface area contributed by atoms with Gasteiger partial charge in [0.2, 0.25) is 0 Å². The summed E-state index contributed by atoms with van der Waals surface area (Å²) in [5.41, 5.74) is 4.05. The van der Waals surface area contributed by atoms with Crippen molar-refractivity contribution >= 4 is 5.69 Å². The van der Waals surface area contributed by atoms with Crippen LogP contribution in [0.3, 0.4) is 0 Å². The monoisotopic (exact) mass is 262 g/mol. The first-order chi connectivity index (χ1) is 8.95. The van der Waals surface area contributed by atoms with Gasteiger partial charge in [0.05, 0.1) is 0 Å². The minimum Gasteiger partial charge on any atom is -0.370 e. The zero-order valence-electron chi connectivity index (χ0n) is 13.5. The van der Waals surface area contributed by atoms with Crippen LogP contribution in [0.1, 0.15) is 38.3 Å². The molecule has 1 atom stereocenters. The third kappa shape index (κ3) is 4.87. The van der Waals surface area contributed by atoms with Gasteiger partial charge in [-0.05, 0) is 44.4 Å². The fourth-order valence-corrected chi connectivity index (χ4v) is 2.49. The first-order valence-electron chi connectivity index (χ1n) is 7.46. The lowest BCUT2D eigenvalue weighted by molar-refractivity contribution is 0.495. The van der Waals surface area contributed by atoms with E-state index in [2.05, 4.69) is 70.1 Å². The van der Waals surface area contributed by atoms with Gasteiger partial charge in [-0.3, -0.25) is 0 Å². The number of anilines is 1. The van der Waals surface area contributed by atoms with Crippen LogP contribution >= 0.6 is 0 Å². The molecule has 0 aliphatic rings. The smallest absolute Gasteiger partial charge is 0.0408 e. The van der Waals surface area contributed by atoms with Crippen LogP contribution in [0.25, 0.3) is 0 Å². The van der Waals surface area contributed by atoms with Gasteiger partial charge in [-0.2, -0.15) is 0 Å². The van der Waals surface area contributed by atoms with E-state index in [-0.39, 0.29) is 0 Å². The lowest BCUT2D eigenvalue weighted by Gasteiger charge is -2.31. The molecule has 0 aromatic heterocycles. The highest BCUT2D eigenvalue weighted by molar-refractivity contribution is 5.54. The minimum atomic E-state index is 0.556. The van der Waals surface area contributed by atoms with Crippen LogP contribution in [0.4, 0.5) is 5.69 Å². The molecule has 0 heterocycles. The van der Waals surface area contributed by atoms with E-state index in [9.17, 15) is 0 Å². The summed E-state index contributed by atoms with van der Waals surface area (Å²) in [5, 5.41) is 3.58. The number of nitrogens with one attached hydrogen (secondary N) is 1. The maximum Gasteiger partial charge on any atom is 0.0408 e. The van der Waals surface area contributed by atoms with Crippen molar-refractivity contribution in [1.29, 1.82) is 0 Å². The zero-order chi connectivity index (χ0) is 14.4. The SMILES string of the molecule is CCC(CNCC(C)C)N(C)c1ccc(C)cc1C. The molecular weight excluding hydrogens is 232 g/mol. The summed E-state index contributed by atoms with van der Waals surface area (Å²) in [5.74, 6) is 0.712. The Balaban J connectivity index is 2.69. The summed E-state index contributed by atoms with van der Waals surface area (Å²) in [4.78, 5) is 2.42. The van der Waals surface area contributed by atoms with Crippen molar-refractivity contribution in [3.8, 4) is 0 Å². The Morgan fingerprint density at radius 1 is 1.16 bits per heavy atom. The van der Waals surface area contributed by atoms with Gasteiger partial charge in [0.25, 0.3) is 0 Å². The minimum absolute atomic E-state index is 0.556. The lowest BCUT2D eigenvalue weighted by atomic mass is 10.1. The van der Waals surface area contributed by atoms with Gasteiger partial charge < -0.3 is 10.2 Å². The number of aryl methyl sites for hydroxylation is 2. The predicted molar refractivity (Wildman–Crippen MR) is 86.1 cm³/mol. The number of benzene rings is 1. The molecule has 1 unspecified atom stereocenters. The molecule has 0 aliphatic heterocycles. The van der Waals surface area contributed by atoms with Crippen molar-refractivity contribution in [1.82, 2.24) is 5.32 Å². The molecule has 0 bridgehead atoms. The number of rotatable bonds is 7. The van der Waals surface area contributed by atoms with E-state index in [0.29, 0.717) is 12.0 Å². The van der Waals surface area contributed by atoms with Crippen molar-refractivity contribution < 1.29 is 0 Å². The predicted octanol–water partition coefficient (Wildman–Crippen LogP) is 3.76. The molecule has 0 fully saturated rings. The van der Waals surface area contributed by atoms with Crippen molar-refractivity contribution in [2.45, 2.75) is 47.1 Å². The summed E-state index contributed by atoms with van der Waals surface area (Å²) in [6.45, 7) is 13.3. The largest absolute Gasteiger partial charge is 0.370 e. The van der Waals surface area contributed by atoms with Gasteiger partial charge in [-0.1, -0.05) is 38.5 Å². The fourth-order valence-electron chi connectivity index (χ4n) is 2.49. The summed E-state index contributed by atoms with van der Waals surface area (Å²) in [6, 6.07) is 7.27. The normalized spacial score (nSPS) is 12.8. The van der Waals surface area contributed by atoms with Crippen LogP contribution < -0.4 is 10.2 Å². The van der Waals surface area contributed by atoms with Crippen molar-refractivity contribution in [3.05, 3.63) is 29.3 Å². The number of hydrogen-bond donors (Lipinski definition) is 1. The molecule has 108 valence electrons. The summed E-state index contributed by atoms with van der Waals surface area (Å²) in [6.07, 6.45) is 1.16. The highest BCUT2D eigenvalue weighted by Gasteiger charge is 2.14. The highest BCUT2D eigenvalue weighted by atomic mass is 15.2. The Bertz CT molecular complexity index is 385. The molecule has 1 N–H and O–H groups in total. The van der Waals surface area contributed by atoms with Crippen LogP contribution in [-0.4, -0.2) is 26.2 Å². The van der Waals surface area contributed by atoms with Crippen LogP contribution in [0.5, 0.6) is 0 Å². The Kier molecular flexibility index (Phi) is 6.36.